The van der Waals surface area contributed by atoms with E-state index >= 15 is 0 Å². The number of anilines is 3. The standard InChI is InChI=1S/C43H31NO/c1-43(2)35-20-8-6-19-34(35)41-36(43)21-12-23-38(41)44(31-17-10-16-30(27-31)28-13-4-3-5-14-28)37-22-11-15-29-25-26-33-32-18-7-9-24-39(32)45-42(33)40(29)37/h3-27H,1-2H3. The highest BCUT2D eigenvalue weighted by molar-refractivity contribution is 6.19. The van der Waals surface area contributed by atoms with Gasteiger partial charge in [0.1, 0.15) is 11.2 Å². The first kappa shape index (κ1) is 25.9. The van der Waals surface area contributed by atoms with Crippen molar-refractivity contribution >= 4 is 49.8 Å². The minimum atomic E-state index is -0.107. The molecule has 0 saturated carbocycles. The van der Waals surface area contributed by atoms with Crippen molar-refractivity contribution in [2.45, 2.75) is 19.3 Å². The Morgan fingerprint density at radius 3 is 2.16 bits per heavy atom. The van der Waals surface area contributed by atoms with E-state index in [4.69, 9.17) is 4.42 Å². The summed E-state index contributed by atoms with van der Waals surface area (Å²) in [4.78, 5) is 2.46. The quantitative estimate of drug-likeness (QED) is 0.207. The molecule has 0 spiro atoms. The maximum absolute atomic E-state index is 6.68. The van der Waals surface area contributed by atoms with Crippen molar-refractivity contribution in [2.24, 2.45) is 0 Å². The summed E-state index contributed by atoms with van der Waals surface area (Å²) in [5, 5.41) is 4.53. The van der Waals surface area contributed by atoms with Crippen LogP contribution in [0.2, 0.25) is 0 Å². The molecule has 1 heterocycles. The van der Waals surface area contributed by atoms with Crippen LogP contribution in [0, 0.1) is 0 Å². The van der Waals surface area contributed by atoms with E-state index in [1.807, 2.05) is 6.07 Å². The lowest BCUT2D eigenvalue weighted by Crippen LogP contribution is -2.16. The van der Waals surface area contributed by atoms with Gasteiger partial charge in [-0.1, -0.05) is 129 Å². The third kappa shape index (κ3) is 3.82. The molecule has 0 aliphatic heterocycles. The van der Waals surface area contributed by atoms with Gasteiger partial charge in [-0.3, -0.25) is 0 Å². The van der Waals surface area contributed by atoms with E-state index in [1.54, 1.807) is 0 Å². The molecule has 0 saturated heterocycles. The molecular formula is C43H31NO. The molecule has 0 unspecified atom stereocenters. The van der Waals surface area contributed by atoms with Gasteiger partial charge < -0.3 is 9.32 Å². The Morgan fingerprint density at radius 1 is 0.533 bits per heavy atom. The van der Waals surface area contributed by atoms with E-state index in [9.17, 15) is 0 Å². The van der Waals surface area contributed by atoms with Crippen LogP contribution in [0.1, 0.15) is 25.0 Å². The predicted octanol–water partition coefficient (Wildman–Crippen LogP) is 12.2. The SMILES string of the molecule is CC1(C)c2ccccc2-c2c(N(c3cccc(-c4ccccc4)c3)c3cccc4ccc5c6ccccc6oc5c34)cccc21. The first-order valence-corrected chi connectivity index (χ1v) is 15.6. The minimum absolute atomic E-state index is 0.107. The van der Waals surface area contributed by atoms with Gasteiger partial charge in [-0.2, -0.15) is 0 Å². The Labute approximate surface area is 262 Å². The molecular weight excluding hydrogens is 546 g/mol. The molecule has 45 heavy (non-hydrogen) atoms. The summed E-state index contributed by atoms with van der Waals surface area (Å²) >= 11 is 0. The average molecular weight is 578 g/mol. The molecule has 0 fully saturated rings. The maximum Gasteiger partial charge on any atom is 0.145 e. The van der Waals surface area contributed by atoms with E-state index < -0.39 is 0 Å². The molecule has 0 N–H and O–H groups in total. The van der Waals surface area contributed by atoms with Crippen LogP contribution < -0.4 is 4.90 Å². The van der Waals surface area contributed by atoms with Crippen LogP contribution in [0.3, 0.4) is 0 Å². The third-order valence-corrected chi connectivity index (χ3v) is 9.64. The van der Waals surface area contributed by atoms with E-state index in [1.165, 1.54) is 33.4 Å². The average Bonchev–Trinajstić information content (AvgIpc) is 3.58. The van der Waals surface area contributed by atoms with Gasteiger partial charge in [0, 0.05) is 32.8 Å². The molecule has 2 nitrogen and oxygen atoms in total. The van der Waals surface area contributed by atoms with Crippen molar-refractivity contribution < 1.29 is 4.42 Å². The zero-order valence-corrected chi connectivity index (χ0v) is 25.3. The van der Waals surface area contributed by atoms with Crippen molar-refractivity contribution in [1.82, 2.24) is 0 Å². The van der Waals surface area contributed by atoms with Crippen LogP contribution in [0.5, 0.6) is 0 Å². The van der Waals surface area contributed by atoms with Crippen molar-refractivity contribution in [1.29, 1.82) is 0 Å². The minimum Gasteiger partial charge on any atom is -0.455 e. The summed E-state index contributed by atoms with van der Waals surface area (Å²) in [5.41, 5.74) is 12.8. The highest BCUT2D eigenvalue weighted by Gasteiger charge is 2.38. The first-order valence-electron chi connectivity index (χ1n) is 15.6. The fourth-order valence-corrected chi connectivity index (χ4v) is 7.50. The van der Waals surface area contributed by atoms with Crippen molar-refractivity contribution in [2.75, 3.05) is 4.90 Å². The molecule has 214 valence electrons. The summed E-state index contributed by atoms with van der Waals surface area (Å²) in [6.45, 7) is 4.69. The Morgan fingerprint density at radius 2 is 1.24 bits per heavy atom. The molecule has 1 aromatic heterocycles. The van der Waals surface area contributed by atoms with Crippen molar-refractivity contribution in [3.8, 4) is 22.3 Å². The number of hydrogen-bond donors (Lipinski definition) is 0. The molecule has 9 rings (SSSR count). The van der Waals surface area contributed by atoms with Crippen LogP contribution in [0.25, 0.3) is 55.0 Å². The van der Waals surface area contributed by atoms with Crippen LogP contribution in [-0.4, -0.2) is 0 Å². The Bertz CT molecular complexity index is 2410. The molecule has 1 aliphatic carbocycles. The second-order valence-electron chi connectivity index (χ2n) is 12.5. The van der Waals surface area contributed by atoms with E-state index in [0.717, 1.165) is 49.8 Å². The number of benzene rings is 7. The van der Waals surface area contributed by atoms with E-state index in [0.29, 0.717) is 0 Å². The topological polar surface area (TPSA) is 16.4 Å². The molecule has 7 aromatic carbocycles. The largest absolute Gasteiger partial charge is 0.455 e. The van der Waals surface area contributed by atoms with Crippen LogP contribution in [-0.2, 0) is 5.41 Å². The molecule has 0 radical (unpaired) electrons. The van der Waals surface area contributed by atoms with Gasteiger partial charge in [-0.15, -0.1) is 0 Å². The molecule has 0 bridgehead atoms. The lowest BCUT2D eigenvalue weighted by atomic mass is 9.82. The highest BCUT2D eigenvalue weighted by Crippen LogP contribution is 2.55. The van der Waals surface area contributed by atoms with Gasteiger partial charge in [0.05, 0.1) is 11.4 Å². The van der Waals surface area contributed by atoms with Gasteiger partial charge in [0.15, 0.2) is 0 Å². The van der Waals surface area contributed by atoms with Gasteiger partial charge in [-0.05, 0) is 69.6 Å². The molecule has 8 aromatic rings. The number of nitrogens with zero attached hydrogens (tertiary/aromatic N) is 1. The van der Waals surface area contributed by atoms with Crippen molar-refractivity contribution in [3.05, 3.63) is 163 Å². The number of para-hydroxylation sites is 1. The maximum atomic E-state index is 6.68. The second kappa shape index (κ2) is 9.70. The van der Waals surface area contributed by atoms with Gasteiger partial charge in [0.2, 0.25) is 0 Å². The predicted molar refractivity (Wildman–Crippen MR) is 189 cm³/mol. The summed E-state index contributed by atoms with van der Waals surface area (Å²) in [5.74, 6) is 0. The van der Waals surface area contributed by atoms with Gasteiger partial charge in [-0.25, -0.2) is 0 Å². The fraction of sp³-hybridized carbons (Fsp3) is 0.0698. The summed E-state index contributed by atoms with van der Waals surface area (Å²) in [6, 6.07) is 54.6. The second-order valence-corrected chi connectivity index (χ2v) is 12.5. The molecule has 1 aliphatic rings. The first-order chi connectivity index (χ1) is 22.1. The summed E-state index contributed by atoms with van der Waals surface area (Å²) in [6.07, 6.45) is 0. The number of rotatable bonds is 4. The summed E-state index contributed by atoms with van der Waals surface area (Å²) < 4.78 is 6.68. The molecule has 0 atom stereocenters. The Hall–Kier alpha value is -5.60. The van der Waals surface area contributed by atoms with Crippen LogP contribution >= 0.6 is 0 Å². The van der Waals surface area contributed by atoms with E-state index in [2.05, 4.69) is 164 Å². The summed E-state index contributed by atoms with van der Waals surface area (Å²) in [7, 11) is 0. The highest BCUT2D eigenvalue weighted by atomic mass is 16.3. The normalized spacial score (nSPS) is 13.3. The third-order valence-electron chi connectivity index (χ3n) is 9.64. The lowest BCUT2D eigenvalue weighted by molar-refractivity contribution is 0.660. The Kier molecular flexibility index (Phi) is 5.58. The zero-order valence-electron chi connectivity index (χ0n) is 25.3. The Balaban J connectivity index is 1.39. The van der Waals surface area contributed by atoms with Gasteiger partial charge in [0.25, 0.3) is 0 Å². The fourth-order valence-electron chi connectivity index (χ4n) is 7.50. The van der Waals surface area contributed by atoms with Gasteiger partial charge >= 0.3 is 0 Å². The monoisotopic (exact) mass is 577 g/mol. The molecule has 2 heteroatoms. The number of furan rings is 1. The number of fused-ring (bicyclic) bond motifs is 8. The molecule has 0 amide bonds. The number of hydrogen-bond acceptors (Lipinski definition) is 2. The smallest absolute Gasteiger partial charge is 0.145 e. The lowest BCUT2D eigenvalue weighted by Gasteiger charge is -2.30. The zero-order chi connectivity index (χ0) is 30.1. The van der Waals surface area contributed by atoms with Crippen LogP contribution in [0.15, 0.2) is 156 Å². The van der Waals surface area contributed by atoms with E-state index in [-0.39, 0.29) is 5.41 Å². The van der Waals surface area contributed by atoms with Crippen LogP contribution in [0.4, 0.5) is 17.1 Å². The van der Waals surface area contributed by atoms with Crippen molar-refractivity contribution in [3.63, 3.8) is 0 Å².